The van der Waals surface area contributed by atoms with Gasteiger partial charge in [0.15, 0.2) is 0 Å². The lowest BCUT2D eigenvalue weighted by molar-refractivity contribution is 0.505. The molecule has 0 aromatic carbocycles. The third kappa shape index (κ3) is 6.34. The molecule has 0 amide bonds. The maximum atomic E-state index is 2.73. The third-order valence-electron chi connectivity index (χ3n) is 11.0. The van der Waals surface area contributed by atoms with E-state index in [1.807, 2.05) is 0 Å². The fraction of sp³-hybridized carbons (Fsp3) is 1.00. The predicted octanol–water partition coefficient (Wildman–Crippen LogP) is 10.3. The van der Waals surface area contributed by atoms with Crippen molar-refractivity contribution in [1.29, 1.82) is 0 Å². The van der Waals surface area contributed by atoms with Gasteiger partial charge < -0.3 is 0 Å². The molecule has 0 N–H and O–H groups in total. The zero-order valence-corrected chi connectivity index (χ0v) is 24.0. The molecule has 0 aliphatic heterocycles. The SMILES string of the molecule is C[C@@H](C1CCCC1)P(CCP([C@@H](C)C1CCCC1)[C@@H](C)C1CCCC1)[C@@H](C)C1CCCC1. The number of hydrogen-bond acceptors (Lipinski definition) is 0. The van der Waals surface area contributed by atoms with Crippen molar-refractivity contribution in [1.82, 2.24) is 0 Å². The molecule has 0 saturated heterocycles. The Morgan fingerprint density at radius 2 is 0.594 bits per heavy atom. The first kappa shape index (κ1) is 25.9. The molecular weight excluding hydrogens is 422 g/mol. The van der Waals surface area contributed by atoms with Crippen molar-refractivity contribution in [3.63, 3.8) is 0 Å². The van der Waals surface area contributed by atoms with Gasteiger partial charge >= 0.3 is 0 Å². The van der Waals surface area contributed by atoms with Gasteiger partial charge in [-0.3, -0.25) is 0 Å². The Labute approximate surface area is 204 Å². The van der Waals surface area contributed by atoms with Crippen LogP contribution in [0.5, 0.6) is 0 Å². The Bertz CT molecular complexity index is 431. The second kappa shape index (κ2) is 12.7. The lowest BCUT2D eigenvalue weighted by atomic mass is 10.0. The summed E-state index contributed by atoms with van der Waals surface area (Å²) >= 11 is 0. The van der Waals surface area contributed by atoms with E-state index in [4.69, 9.17) is 0 Å². The van der Waals surface area contributed by atoms with E-state index in [0.717, 1.165) is 46.3 Å². The topological polar surface area (TPSA) is 0 Å². The molecule has 4 atom stereocenters. The van der Waals surface area contributed by atoms with Gasteiger partial charge in [0.25, 0.3) is 0 Å². The van der Waals surface area contributed by atoms with Gasteiger partial charge in [-0.15, -0.1) is 0 Å². The Hall–Kier alpha value is 0.860. The second-order valence-electron chi connectivity index (χ2n) is 12.6. The van der Waals surface area contributed by atoms with Gasteiger partial charge in [-0.25, -0.2) is 0 Å². The highest BCUT2D eigenvalue weighted by molar-refractivity contribution is 7.63. The smallest absolute Gasteiger partial charge is 0.0207 e. The maximum Gasteiger partial charge on any atom is -0.0207 e. The molecule has 0 aromatic heterocycles. The molecule has 4 aliphatic rings. The van der Waals surface area contributed by atoms with Crippen LogP contribution in [0.4, 0.5) is 0 Å². The monoisotopic (exact) mass is 478 g/mol. The van der Waals surface area contributed by atoms with Crippen molar-refractivity contribution in [2.45, 2.75) is 153 Å². The van der Waals surface area contributed by atoms with Crippen LogP contribution in [0.2, 0.25) is 0 Å². The van der Waals surface area contributed by atoms with E-state index < -0.39 is 0 Å². The number of hydrogen-bond donors (Lipinski definition) is 0. The third-order valence-corrected chi connectivity index (χ3v) is 18.7. The van der Waals surface area contributed by atoms with E-state index in [-0.39, 0.29) is 15.8 Å². The summed E-state index contributed by atoms with van der Waals surface area (Å²) in [6, 6.07) is 0. The van der Waals surface area contributed by atoms with Gasteiger partial charge in [0.1, 0.15) is 0 Å². The van der Waals surface area contributed by atoms with Crippen LogP contribution >= 0.6 is 15.8 Å². The molecule has 0 bridgehead atoms. The summed E-state index contributed by atoms with van der Waals surface area (Å²) in [4.78, 5) is 0. The molecule has 4 fully saturated rings. The van der Waals surface area contributed by atoms with Crippen LogP contribution in [0.3, 0.4) is 0 Å². The molecule has 0 aromatic rings. The summed E-state index contributed by atoms with van der Waals surface area (Å²) in [6.45, 7) is 10.9. The minimum atomic E-state index is 0.205. The Balaban J connectivity index is 1.46. The van der Waals surface area contributed by atoms with Crippen LogP contribution in [0.1, 0.15) is 130 Å². The first-order valence-electron chi connectivity index (χ1n) is 15.1. The minimum Gasteiger partial charge on any atom is -0.1000 e. The van der Waals surface area contributed by atoms with E-state index in [0.29, 0.717) is 0 Å². The minimum absolute atomic E-state index is 0.205. The van der Waals surface area contributed by atoms with Crippen molar-refractivity contribution < 1.29 is 0 Å². The normalized spacial score (nSPS) is 28.3. The molecule has 0 heterocycles. The quantitative estimate of drug-likeness (QED) is 0.259. The van der Waals surface area contributed by atoms with E-state index in [2.05, 4.69) is 27.7 Å². The van der Waals surface area contributed by atoms with Crippen molar-refractivity contribution in [2.24, 2.45) is 23.7 Å². The van der Waals surface area contributed by atoms with Crippen LogP contribution < -0.4 is 0 Å². The van der Waals surface area contributed by atoms with Crippen molar-refractivity contribution >= 4 is 15.8 Å². The van der Waals surface area contributed by atoms with Crippen LogP contribution in [0.25, 0.3) is 0 Å². The molecule has 0 spiro atoms. The Morgan fingerprint density at radius 3 is 0.781 bits per heavy atom. The first-order chi connectivity index (χ1) is 15.6. The molecule has 0 radical (unpaired) electrons. The molecule has 4 rings (SSSR count). The summed E-state index contributed by atoms with van der Waals surface area (Å²) in [5, 5.41) is 0. The number of rotatable bonds is 11. The zero-order valence-electron chi connectivity index (χ0n) is 22.2. The summed E-state index contributed by atoms with van der Waals surface area (Å²) in [6.07, 6.45) is 28.0. The van der Waals surface area contributed by atoms with Crippen LogP contribution in [-0.2, 0) is 0 Å². The summed E-state index contributed by atoms with van der Waals surface area (Å²) in [5.41, 5.74) is 4.18. The molecule has 4 aliphatic carbocycles. The fourth-order valence-corrected chi connectivity index (χ4v) is 16.9. The van der Waals surface area contributed by atoms with E-state index in [1.54, 1.807) is 63.7 Å². The summed E-state index contributed by atoms with van der Waals surface area (Å²) in [7, 11) is 0.409. The van der Waals surface area contributed by atoms with Gasteiger partial charge in [-0.2, -0.15) is 0 Å². The van der Waals surface area contributed by atoms with Crippen molar-refractivity contribution in [3.8, 4) is 0 Å². The Morgan fingerprint density at radius 1 is 0.406 bits per heavy atom. The molecular formula is C30H56P2. The summed E-state index contributed by atoms with van der Waals surface area (Å²) < 4.78 is 0. The van der Waals surface area contributed by atoms with Gasteiger partial charge in [0.05, 0.1) is 0 Å². The Kier molecular flexibility index (Phi) is 10.3. The van der Waals surface area contributed by atoms with E-state index in [9.17, 15) is 0 Å². The lowest BCUT2D eigenvalue weighted by Crippen LogP contribution is -2.27. The second-order valence-corrected chi connectivity index (χ2v) is 18.8. The van der Waals surface area contributed by atoms with Crippen LogP contribution in [0.15, 0.2) is 0 Å². The first-order valence-corrected chi connectivity index (χ1v) is 18.4. The summed E-state index contributed by atoms with van der Waals surface area (Å²) in [5.74, 6) is 4.32. The van der Waals surface area contributed by atoms with Crippen molar-refractivity contribution in [3.05, 3.63) is 0 Å². The molecule has 32 heavy (non-hydrogen) atoms. The van der Waals surface area contributed by atoms with Gasteiger partial charge in [0.2, 0.25) is 0 Å². The average Bonchev–Trinajstić information content (AvgIpc) is 3.62. The lowest BCUT2D eigenvalue weighted by Gasteiger charge is -2.41. The molecule has 0 nitrogen and oxygen atoms in total. The standard InChI is InChI=1S/C30H56P2/c1-23(27-13-5-6-14-27)31(24(2)28-15-7-8-16-28)21-22-32(25(3)29-17-9-10-18-29)26(4)30-19-11-12-20-30/h23-30H,5-22H2,1-4H3/t23-,24-,25-,26-/m0/s1. The van der Waals surface area contributed by atoms with E-state index in [1.165, 1.54) is 51.4 Å². The van der Waals surface area contributed by atoms with Gasteiger partial charge in [-0.05, 0) is 110 Å². The zero-order chi connectivity index (χ0) is 22.5. The van der Waals surface area contributed by atoms with E-state index >= 15 is 0 Å². The van der Waals surface area contributed by atoms with Crippen LogP contribution in [0, 0.1) is 23.7 Å². The molecule has 186 valence electrons. The highest BCUT2D eigenvalue weighted by atomic mass is 31.1. The van der Waals surface area contributed by atoms with Gasteiger partial charge in [-0.1, -0.05) is 94.9 Å². The predicted molar refractivity (Wildman–Crippen MR) is 149 cm³/mol. The average molecular weight is 479 g/mol. The molecule has 2 heteroatoms. The highest BCUT2D eigenvalue weighted by Crippen LogP contribution is 2.61. The van der Waals surface area contributed by atoms with Gasteiger partial charge in [0, 0.05) is 0 Å². The van der Waals surface area contributed by atoms with Crippen LogP contribution in [-0.4, -0.2) is 35.0 Å². The van der Waals surface area contributed by atoms with Crippen molar-refractivity contribution in [2.75, 3.05) is 12.3 Å². The maximum absolute atomic E-state index is 2.73. The largest absolute Gasteiger partial charge is 0.1000 e. The highest BCUT2D eigenvalue weighted by Gasteiger charge is 2.38. The molecule has 4 saturated carbocycles. The fourth-order valence-electron chi connectivity index (χ4n) is 8.63. The molecule has 0 unspecified atom stereocenters.